The Morgan fingerprint density at radius 2 is 1.89 bits per heavy atom. The Morgan fingerprint density at radius 3 is 2.39 bits per heavy atom. The summed E-state index contributed by atoms with van der Waals surface area (Å²) in [5.74, 6) is -0.997. The normalized spacial score (nSPS) is 12.4. The molecule has 0 aliphatic rings. The van der Waals surface area contributed by atoms with Gasteiger partial charge in [-0.3, -0.25) is 14.5 Å². The lowest BCUT2D eigenvalue weighted by Gasteiger charge is -2.19. The minimum atomic E-state index is -0.902. The van der Waals surface area contributed by atoms with Crippen molar-refractivity contribution in [3.8, 4) is 0 Å². The average molecular weight is 258 g/mol. The molecule has 0 heterocycles. The molecule has 5 heteroatoms. The first kappa shape index (κ1) is 16.9. The molecule has 0 aromatic rings. The number of carbonyl (C=O) groups is 2. The van der Waals surface area contributed by atoms with Crippen molar-refractivity contribution in [2.45, 2.75) is 52.5 Å². The highest BCUT2D eigenvalue weighted by molar-refractivity contribution is 5.79. The van der Waals surface area contributed by atoms with Gasteiger partial charge in [0.05, 0.1) is 13.1 Å². The Bertz CT molecular complexity index is 257. The van der Waals surface area contributed by atoms with Gasteiger partial charge in [0.25, 0.3) is 0 Å². The monoisotopic (exact) mass is 258 g/mol. The van der Waals surface area contributed by atoms with Gasteiger partial charge in [-0.2, -0.15) is 0 Å². The second-order valence-electron chi connectivity index (χ2n) is 4.66. The maximum Gasteiger partial charge on any atom is 0.317 e. The Hall–Kier alpha value is -1.10. The van der Waals surface area contributed by atoms with Crippen molar-refractivity contribution in [2.75, 3.05) is 19.6 Å². The van der Waals surface area contributed by atoms with E-state index in [1.165, 1.54) is 12.8 Å². The summed E-state index contributed by atoms with van der Waals surface area (Å²) < 4.78 is 0. The quantitative estimate of drug-likeness (QED) is 0.582. The van der Waals surface area contributed by atoms with E-state index in [4.69, 9.17) is 5.11 Å². The molecule has 106 valence electrons. The van der Waals surface area contributed by atoms with Gasteiger partial charge >= 0.3 is 5.97 Å². The highest BCUT2D eigenvalue weighted by Crippen LogP contribution is 2.02. The number of rotatable bonds is 10. The van der Waals surface area contributed by atoms with E-state index in [1.54, 1.807) is 4.90 Å². The van der Waals surface area contributed by atoms with Gasteiger partial charge < -0.3 is 10.4 Å². The smallest absolute Gasteiger partial charge is 0.317 e. The Labute approximate surface area is 110 Å². The van der Waals surface area contributed by atoms with E-state index in [2.05, 4.69) is 12.2 Å². The summed E-state index contributed by atoms with van der Waals surface area (Å²) in [6.07, 6.45) is 4.44. The highest BCUT2D eigenvalue weighted by Gasteiger charge is 2.13. The number of amides is 1. The molecular weight excluding hydrogens is 232 g/mol. The van der Waals surface area contributed by atoms with Crippen LogP contribution in [0.4, 0.5) is 0 Å². The molecule has 0 saturated heterocycles. The lowest BCUT2D eigenvalue weighted by molar-refractivity contribution is -0.138. The van der Waals surface area contributed by atoms with Crippen LogP contribution < -0.4 is 5.32 Å². The number of nitrogens with one attached hydrogen (secondary N) is 1. The van der Waals surface area contributed by atoms with Crippen LogP contribution in [0.3, 0.4) is 0 Å². The minimum Gasteiger partial charge on any atom is -0.480 e. The van der Waals surface area contributed by atoms with Crippen LogP contribution in [0.2, 0.25) is 0 Å². The van der Waals surface area contributed by atoms with E-state index in [9.17, 15) is 9.59 Å². The summed E-state index contributed by atoms with van der Waals surface area (Å²) in [7, 11) is 0. The number of nitrogens with zero attached hydrogens (tertiary/aromatic N) is 1. The Balaban J connectivity index is 3.89. The second-order valence-corrected chi connectivity index (χ2v) is 4.66. The third kappa shape index (κ3) is 8.98. The first-order valence-electron chi connectivity index (χ1n) is 6.73. The number of aliphatic carboxylic acids is 1. The molecule has 0 rings (SSSR count). The molecule has 0 aromatic carbocycles. The van der Waals surface area contributed by atoms with E-state index >= 15 is 0 Å². The third-order valence-corrected chi connectivity index (χ3v) is 2.82. The first-order valence-corrected chi connectivity index (χ1v) is 6.73. The number of carbonyl (C=O) groups excluding carboxylic acids is 1. The van der Waals surface area contributed by atoms with Crippen molar-refractivity contribution in [3.05, 3.63) is 0 Å². The second kappa shape index (κ2) is 9.88. The van der Waals surface area contributed by atoms with Crippen LogP contribution in [0.15, 0.2) is 0 Å². The van der Waals surface area contributed by atoms with Crippen molar-refractivity contribution < 1.29 is 14.7 Å². The van der Waals surface area contributed by atoms with Gasteiger partial charge in [-0.15, -0.1) is 0 Å². The standard InChI is InChI=1S/C13H26N2O3/c1-4-6-7-8-11(3)14-12(16)9-15(5-2)10-13(17)18/h11H,4-10H2,1-3H3,(H,14,16)(H,17,18). The molecule has 1 unspecified atom stereocenters. The SMILES string of the molecule is CCCCCC(C)NC(=O)CN(CC)CC(=O)O. The number of carboxylic acid groups (broad SMARTS) is 1. The lowest BCUT2D eigenvalue weighted by atomic mass is 10.1. The van der Waals surface area contributed by atoms with E-state index < -0.39 is 5.97 Å². The van der Waals surface area contributed by atoms with Gasteiger partial charge in [-0.25, -0.2) is 0 Å². The van der Waals surface area contributed by atoms with Crippen LogP contribution >= 0.6 is 0 Å². The van der Waals surface area contributed by atoms with E-state index in [0.29, 0.717) is 6.54 Å². The number of hydrogen-bond donors (Lipinski definition) is 2. The molecule has 1 amide bonds. The molecule has 0 bridgehead atoms. The van der Waals surface area contributed by atoms with E-state index in [0.717, 1.165) is 12.8 Å². The zero-order chi connectivity index (χ0) is 14.0. The molecule has 0 aliphatic carbocycles. The zero-order valence-electron chi connectivity index (χ0n) is 11.7. The third-order valence-electron chi connectivity index (χ3n) is 2.82. The molecule has 0 spiro atoms. The molecule has 0 aromatic heterocycles. The van der Waals surface area contributed by atoms with Crippen molar-refractivity contribution in [1.82, 2.24) is 10.2 Å². The van der Waals surface area contributed by atoms with Gasteiger partial charge in [-0.1, -0.05) is 33.1 Å². The Kier molecular flexibility index (Phi) is 9.28. The summed E-state index contributed by atoms with van der Waals surface area (Å²) in [5.41, 5.74) is 0. The minimum absolute atomic E-state index is 0.0892. The van der Waals surface area contributed by atoms with Crippen LogP contribution in [-0.4, -0.2) is 47.6 Å². The van der Waals surface area contributed by atoms with Crippen molar-refractivity contribution in [3.63, 3.8) is 0 Å². The van der Waals surface area contributed by atoms with Crippen molar-refractivity contribution >= 4 is 11.9 Å². The van der Waals surface area contributed by atoms with Crippen LogP contribution in [0, 0.1) is 0 Å². The van der Waals surface area contributed by atoms with Crippen LogP contribution in [0.5, 0.6) is 0 Å². The van der Waals surface area contributed by atoms with Crippen molar-refractivity contribution in [1.29, 1.82) is 0 Å². The van der Waals surface area contributed by atoms with Gasteiger partial charge in [0, 0.05) is 6.04 Å². The summed E-state index contributed by atoms with van der Waals surface area (Å²) in [6.45, 7) is 6.61. The topological polar surface area (TPSA) is 69.6 Å². The molecule has 1 atom stereocenters. The fourth-order valence-electron chi connectivity index (χ4n) is 1.77. The average Bonchev–Trinajstić information content (AvgIpc) is 2.27. The van der Waals surface area contributed by atoms with E-state index in [-0.39, 0.29) is 25.0 Å². The highest BCUT2D eigenvalue weighted by atomic mass is 16.4. The molecule has 18 heavy (non-hydrogen) atoms. The maximum absolute atomic E-state index is 11.7. The first-order chi connectivity index (χ1) is 8.49. The predicted octanol–water partition coefficient (Wildman–Crippen LogP) is 1.48. The van der Waals surface area contributed by atoms with Gasteiger partial charge in [0.1, 0.15) is 0 Å². The fourth-order valence-corrected chi connectivity index (χ4v) is 1.77. The number of likely N-dealkylation sites (N-methyl/N-ethyl adjacent to an activating group) is 1. The largest absolute Gasteiger partial charge is 0.480 e. The van der Waals surface area contributed by atoms with Gasteiger partial charge in [0.15, 0.2) is 0 Å². The summed E-state index contributed by atoms with van der Waals surface area (Å²) >= 11 is 0. The van der Waals surface area contributed by atoms with Crippen LogP contribution in [-0.2, 0) is 9.59 Å². The summed E-state index contributed by atoms with van der Waals surface area (Å²) in [5, 5.41) is 11.6. The predicted molar refractivity (Wildman–Crippen MR) is 71.5 cm³/mol. The van der Waals surface area contributed by atoms with Crippen LogP contribution in [0.25, 0.3) is 0 Å². The number of unbranched alkanes of at least 4 members (excludes halogenated alkanes) is 2. The Morgan fingerprint density at radius 1 is 1.22 bits per heavy atom. The van der Waals surface area contributed by atoms with Crippen molar-refractivity contribution in [2.24, 2.45) is 0 Å². The fraction of sp³-hybridized carbons (Fsp3) is 0.846. The molecule has 0 aliphatic heterocycles. The zero-order valence-corrected chi connectivity index (χ0v) is 11.7. The lowest BCUT2D eigenvalue weighted by Crippen LogP contribution is -2.42. The summed E-state index contributed by atoms with van der Waals surface area (Å²) in [6, 6.07) is 0.160. The van der Waals surface area contributed by atoms with Gasteiger partial charge in [-0.05, 0) is 19.9 Å². The van der Waals surface area contributed by atoms with Gasteiger partial charge in [0.2, 0.25) is 5.91 Å². The van der Waals surface area contributed by atoms with Crippen LogP contribution in [0.1, 0.15) is 46.5 Å². The molecular formula is C13H26N2O3. The molecule has 0 saturated carbocycles. The number of carboxylic acids is 1. The number of hydrogen-bond acceptors (Lipinski definition) is 3. The van der Waals surface area contributed by atoms with E-state index in [1.807, 2.05) is 13.8 Å². The summed E-state index contributed by atoms with van der Waals surface area (Å²) in [4.78, 5) is 23.9. The molecule has 5 nitrogen and oxygen atoms in total. The molecule has 0 radical (unpaired) electrons. The maximum atomic E-state index is 11.7. The molecule has 2 N–H and O–H groups in total. The molecule has 0 fully saturated rings.